The van der Waals surface area contributed by atoms with Crippen molar-refractivity contribution in [3.05, 3.63) is 21.4 Å². The zero-order chi connectivity index (χ0) is 10.7. The van der Waals surface area contributed by atoms with E-state index in [0.29, 0.717) is 6.42 Å². The predicted molar refractivity (Wildman–Crippen MR) is 57.6 cm³/mol. The van der Waals surface area contributed by atoms with Gasteiger partial charge in [0.1, 0.15) is 0 Å². The van der Waals surface area contributed by atoms with E-state index in [1.165, 1.54) is 10.4 Å². The molecule has 78 valence electrons. The fourth-order valence-corrected chi connectivity index (χ4v) is 2.51. The topological polar surface area (TPSA) is 63.3 Å². The zero-order valence-corrected chi connectivity index (χ0v) is 9.23. The molecular weight excluding hydrogens is 198 g/mol. The second kappa shape index (κ2) is 4.57. The minimum atomic E-state index is -0.786. The molecule has 1 unspecified atom stereocenters. The molecule has 0 saturated carbocycles. The number of nitrogens with two attached hydrogens (primary N) is 1. The number of rotatable bonds is 4. The molecule has 0 radical (unpaired) electrons. The van der Waals surface area contributed by atoms with Gasteiger partial charge in [0.2, 0.25) is 0 Å². The van der Waals surface area contributed by atoms with E-state index < -0.39 is 5.97 Å². The van der Waals surface area contributed by atoms with Crippen LogP contribution in [0.3, 0.4) is 0 Å². The van der Waals surface area contributed by atoms with E-state index >= 15 is 0 Å². The Hall–Kier alpha value is -0.870. The first kappa shape index (κ1) is 11.2. The van der Waals surface area contributed by atoms with Crippen molar-refractivity contribution in [2.24, 2.45) is 5.73 Å². The van der Waals surface area contributed by atoms with E-state index in [2.05, 4.69) is 6.07 Å². The Morgan fingerprint density at radius 2 is 2.29 bits per heavy atom. The average molecular weight is 213 g/mol. The Balaban J connectivity index is 2.64. The molecule has 0 aliphatic carbocycles. The molecule has 4 heteroatoms. The van der Waals surface area contributed by atoms with Gasteiger partial charge < -0.3 is 10.8 Å². The number of aliphatic carboxylic acids is 1. The molecule has 1 atom stereocenters. The van der Waals surface area contributed by atoms with Crippen LogP contribution in [-0.2, 0) is 4.79 Å². The molecule has 14 heavy (non-hydrogen) atoms. The maximum absolute atomic E-state index is 10.4. The van der Waals surface area contributed by atoms with Crippen LogP contribution >= 0.6 is 11.3 Å². The molecule has 3 nitrogen and oxygen atoms in total. The fraction of sp³-hybridized carbons (Fsp3) is 0.500. The molecular formula is C10H15NO2S. The minimum absolute atomic E-state index is 0.134. The van der Waals surface area contributed by atoms with Crippen LogP contribution in [0.2, 0.25) is 0 Å². The summed E-state index contributed by atoms with van der Waals surface area (Å²) in [4.78, 5) is 12.7. The Morgan fingerprint density at radius 1 is 1.64 bits per heavy atom. The molecule has 0 aromatic carbocycles. The van der Waals surface area contributed by atoms with Gasteiger partial charge in [-0.25, -0.2) is 0 Å². The van der Waals surface area contributed by atoms with Crippen LogP contribution in [0.25, 0.3) is 0 Å². The van der Waals surface area contributed by atoms with Crippen molar-refractivity contribution in [3.63, 3.8) is 0 Å². The lowest BCUT2D eigenvalue weighted by Gasteiger charge is -2.08. The van der Waals surface area contributed by atoms with Gasteiger partial charge in [-0.3, -0.25) is 4.79 Å². The summed E-state index contributed by atoms with van der Waals surface area (Å²) in [6.07, 6.45) is 0.647. The second-order valence-corrected chi connectivity index (χ2v) is 4.73. The molecule has 0 aliphatic heterocycles. The Bertz CT molecular complexity index is 333. The van der Waals surface area contributed by atoms with Crippen molar-refractivity contribution >= 4 is 17.3 Å². The molecule has 0 spiro atoms. The lowest BCUT2D eigenvalue weighted by atomic mass is 10.1. The Kier molecular flexibility index (Phi) is 3.66. The molecule has 3 N–H and O–H groups in total. The van der Waals surface area contributed by atoms with Gasteiger partial charge in [-0.05, 0) is 31.9 Å². The fourth-order valence-electron chi connectivity index (χ4n) is 1.44. The molecule has 1 rings (SSSR count). The van der Waals surface area contributed by atoms with Crippen molar-refractivity contribution in [1.82, 2.24) is 0 Å². The van der Waals surface area contributed by atoms with Gasteiger partial charge in [-0.2, -0.15) is 0 Å². The van der Waals surface area contributed by atoms with Crippen LogP contribution in [0, 0.1) is 13.8 Å². The maximum Gasteiger partial charge on any atom is 0.303 e. The smallest absolute Gasteiger partial charge is 0.303 e. The van der Waals surface area contributed by atoms with Crippen LogP contribution < -0.4 is 5.73 Å². The van der Waals surface area contributed by atoms with E-state index in [1.807, 2.05) is 13.8 Å². The summed E-state index contributed by atoms with van der Waals surface area (Å²) in [5.74, 6) is -0.786. The van der Waals surface area contributed by atoms with E-state index in [9.17, 15) is 4.79 Å². The second-order valence-electron chi connectivity index (χ2n) is 3.44. The normalized spacial score (nSPS) is 12.8. The average Bonchev–Trinajstić information content (AvgIpc) is 2.41. The van der Waals surface area contributed by atoms with Crippen LogP contribution in [0.15, 0.2) is 6.07 Å². The maximum atomic E-state index is 10.4. The standard InChI is InChI=1S/C10H15NO2S/c1-6-5-7(2)14-10(6)8(11)3-4-9(12)13/h5,8H,3-4,11H2,1-2H3,(H,12,13). The van der Waals surface area contributed by atoms with Crippen LogP contribution in [0.4, 0.5) is 0 Å². The predicted octanol–water partition coefficient (Wildman–Crippen LogP) is 2.23. The van der Waals surface area contributed by atoms with Gasteiger partial charge in [0, 0.05) is 22.2 Å². The number of aryl methyl sites for hydroxylation is 2. The number of carbonyl (C=O) groups is 1. The molecule has 0 saturated heterocycles. The molecule has 1 heterocycles. The van der Waals surface area contributed by atoms with E-state index in [-0.39, 0.29) is 12.5 Å². The van der Waals surface area contributed by atoms with Gasteiger partial charge in [0.05, 0.1) is 0 Å². The quantitative estimate of drug-likeness (QED) is 0.806. The van der Waals surface area contributed by atoms with Crippen molar-refractivity contribution < 1.29 is 9.90 Å². The van der Waals surface area contributed by atoms with E-state index in [0.717, 1.165) is 4.88 Å². The molecule has 0 bridgehead atoms. The Labute approximate surface area is 87.6 Å². The third-order valence-electron chi connectivity index (χ3n) is 2.09. The number of thiophene rings is 1. The highest BCUT2D eigenvalue weighted by atomic mass is 32.1. The highest BCUT2D eigenvalue weighted by Crippen LogP contribution is 2.28. The highest BCUT2D eigenvalue weighted by Gasteiger charge is 2.13. The number of hydrogen-bond acceptors (Lipinski definition) is 3. The molecule has 0 fully saturated rings. The summed E-state index contributed by atoms with van der Waals surface area (Å²) in [5.41, 5.74) is 7.08. The monoisotopic (exact) mass is 213 g/mol. The van der Waals surface area contributed by atoms with Crippen molar-refractivity contribution in [2.75, 3.05) is 0 Å². The zero-order valence-electron chi connectivity index (χ0n) is 8.41. The lowest BCUT2D eigenvalue weighted by Crippen LogP contribution is -2.11. The lowest BCUT2D eigenvalue weighted by molar-refractivity contribution is -0.137. The number of hydrogen-bond donors (Lipinski definition) is 2. The van der Waals surface area contributed by atoms with Crippen LogP contribution in [0.5, 0.6) is 0 Å². The summed E-state index contributed by atoms with van der Waals surface area (Å²) in [7, 11) is 0. The van der Waals surface area contributed by atoms with E-state index in [1.54, 1.807) is 11.3 Å². The van der Waals surface area contributed by atoms with Gasteiger partial charge in [-0.1, -0.05) is 0 Å². The minimum Gasteiger partial charge on any atom is -0.481 e. The first-order valence-corrected chi connectivity index (χ1v) is 5.36. The summed E-state index contributed by atoms with van der Waals surface area (Å²) in [6, 6.07) is 1.95. The van der Waals surface area contributed by atoms with Gasteiger partial charge in [0.25, 0.3) is 0 Å². The number of carboxylic acid groups (broad SMARTS) is 1. The highest BCUT2D eigenvalue weighted by molar-refractivity contribution is 7.12. The van der Waals surface area contributed by atoms with Crippen LogP contribution in [0.1, 0.15) is 34.2 Å². The third-order valence-corrected chi connectivity index (χ3v) is 3.37. The SMILES string of the molecule is Cc1cc(C)c(C(N)CCC(=O)O)s1. The van der Waals surface area contributed by atoms with Crippen molar-refractivity contribution in [3.8, 4) is 0 Å². The summed E-state index contributed by atoms with van der Waals surface area (Å²) < 4.78 is 0. The van der Waals surface area contributed by atoms with Crippen LogP contribution in [-0.4, -0.2) is 11.1 Å². The van der Waals surface area contributed by atoms with Gasteiger partial charge in [-0.15, -0.1) is 11.3 Å². The summed E-state index contributed by atoms with van der Waals surface area (Å²) in [6.45, 7) is 4.05. The van der Waals surface area contributed by atoms with E-state index in [4.69, 9.17) is 10.8 Å². The van der Waals surface area contributed by atoms with Crippen molar-refractivity contribution in [1.29, 1.82) is 0 Å². The Morgan fingerprint density at radius 3 is 2.71 bits per heavy atom. The molecule has 0 aliphatic rings. The first-order chi connectivity index (χ1) is 6.50. The molecule has 1 aromatic heterocycles. The first-order valence-electron chi connectivity index (χ1n) is 4.55. The molecule has 1 aromatic rings. The third kappa shape index (κ3) is 2.82. The van der Waals surface area contributed by atoms with Gasteiger partial charge >= 0.3 is 5.97 Å². The van der Waals surface area contributed by atoms with Crippen molar-refractivity contribution in [2.45, 2.75) is 32.7 Å². The summed E-state index contributed by atoms with van der Waals surface area (Å²) >= 11 is 1.66. The summed E-state index contributed by atoms with van der Waals surface area (Å²) in [5, 5.41) is 8.53. The largest absolute Gasteiger partial charge is 0.481 e. The van der Waals surface area contributed by atoms with Gasteiger partial charge in [0.15, 0.2) is 0 Å². The molecule has 0 amide bonds. The number of carboxylic acids is 1.